The van der Waals surface area contributed by atoms with Gasteiger partial charge in [0.1, 0.15) is 6.04 Å². The molecule has 0 aliphatic heterocycles. The Morgan fingerprint density at radius 2 is 2.09 bits per heavy atom. The van der Waals surface area contributed by atoms with Crippen molar-refractivity contribution in [2.24, 2.45) is 7.05 Å². The van der Waals surface area contributed by atoms with Crippen LogP contribution < -0.4 is 15.9 Å². The molecule has 0 fully saturated rings. The molecule has 0 unspecified atom stereocenters. The van der Waals surface area contributed by atoms with Crippen LogP contribution >= 0.6 is 11.8 Å². The van der Waals surface area contributed by atoms with Gasteiger partial charge >= 0.3 is 5.69 Å². The molecule has 124 valence electrons. The Morgan fingerprint density at radius 1 is 1.39 bits per heavy atom. The first kappa shape index (κ1) is 17.3. The van der Waals surface area contributed by atoms with Crippen LogP contribution in [-0.4, -0.2) is 47.1 Å². The number of thioether (sulfide) groups is 1. The molecule has 7 nitrogen and oxygen atoms in total. The van der Waals surface area contributed by atoms with Crippen LogP contribution in [0.4, 0.5) is 0 Å². The fourth-order valence-electron chi connectivity index (χ4n) is 2.20. The number of hydrogen-bond acceptors (Lipinski definition) is 4. The Bertz CT molecular complexity index is 695. The van der Waals surface area contributed by atoms with E-state index in [1.165, 1.54) is 26.8 Å². The molecule has 1 aromatic carbocycles. The number of carbonyl (C=O) groups excluding carboxylic acids is 1. The number of hydrogen-bond donors (Lipinski definition) is 3. The van der Waals surface area contributed by atoms with E-state index in [4.69, 9.17) is 0 Å². The van der Waals surface area contributed by atoms with E-state index < -0.39 is 0 Å². The van der Waals surface area contributed by atoms with Crippen molar-refractivity contribution in [1.82, 2.24) is 20.1 Å². The predicted molar refractivity (Wildman–Crippen MR) is 89.6 cm³/mol. The first-order chi connectivity index (χ1) is 11.0. The van der Waals surface area contributed by atoms with Crippen LogP contribution in [0.1, 0.15) is 11.6 Å². The third-order valence-corrected chi connectivity index (χ3v) is 4.60. The van der Waals surface area contributed by atoms with Gasteiger partial charge in [0.25, 0.3) is 0 Å². The summed E-state index contributed by atoms with van der Waals surface area (Å²) in [5.41, 5.74) is 0.906. The maximum atomic E-state index is 12.0. The summed E-state index contributed by atoms with van der Waals surface area (Å²) in [6.07, 6.45) is 0. The van der Waals surface area contributed by atoms with Crippen molar-refractivity contribution in [2.75, 3.05) is 26.4 Å². The lowest BCUT2D eigenvalue weighted by atomic mass is 10.1. The second kappa shape index (κ2) is 7.98. The van der Waals surface area contributed by atoms with E-state index in [1.807, 2.05) is 18.2 Å². The summed E-state index contributed by atoms with van der Waals surface area (Å²) in [7, 11) is 5.75. The van der Waals surface area contributed by atoms with Crippen LogP contribution in [0.25, 0.3) is 0 Å². The van der Waals surface area contributed by atoms with E-state index in [-0.39, 0.29) is 23.4 Å². The first-order valence-electron chi connectivity index (χ1n) is 7.35. The predicted octanol–water partition coefficient (Wildman–Crippen LogP) is -0.797. The number of nitrogens with zero attached hydrogens (tertiary/aromatic N) is 2. The molecule has 1 heterocycles. The molecule has 0 aliphatic rings. The van der Waals surface area contributed by atoms with Gasteiger partial charge in [0.15, 0.2) is 5.16 Å². The molecule has 0 saturated heterocycles. The maximum absolute atomic E-state index is 12.0. The molecule has 0 aliphatic carbocycles. The summed E-state index contributed by atoms with van der Waals surface area (Å²) < 4.78 is 1.38. The fraction of sp³-hybridized carbons (Fsp3) is 0.400. The van der Waals surface area contributed by atoms with Crippen LogP contribution in [0.3, 0.4) is 0 Å². The van der Waals surface area contributed by atoms with Crippen LogP contribution in [0.5, 0.6) is 0 Å². The lowest BCUT2D eigenvalue weighted by molar-refractivity contribution is -0.890. The van der Waals surface area contributed by atoms with Crippen molar-refractivity contribution in [2.45, 2.75) is 11.2 Å². The molecule has 0 radical (unpaired) electrons. The summed E-state index contributed by atoms with van der Waals surface area (Å²) in [6, 6.07) is 10.3. The SMILES string of the molecule is Cn1c(SCC(=O)NC[C@H](c2ccccc2)[NH+](C)C)n[nH]c1=O. The zero-order chi connectivity index (χ0) is 16.8. The van der Waals surface area contributed by atoms with Gasteiger partial charge in [-0.2, -0.15) is 0 Å². The Labute approximate surface area is 139 Å². The monoisotopic (exact) mass is 336 g/mol. The Hall–Kier alpha value is -2.06. The number of likely N-dealkylation sites (N-methyl/N-ethyl adjacent to an activating group) is 1. The fourth-order valence-corrected chi connectivity index (χ4v) is 2.95. The van der Waals surface area contributed by atoms with Gasteiger partial charge in [-0.05, 0) is 0 Å². The second-order valence-electron chi connectivity index (χ2n) is 5.50. The highest BCUT2D eigenvalue weighted by atomic mass is 32.2. The molecular formula is C15H22N5O2S+. The zero-order valence-corrected chi connectivity index (χ0v) is 14.3. The third-order valence-electron chi connectivity index (χ3n) is 3.57. The molecule has 1 amide bonds. The van der Waals surface area contributed by atoms with Crippen LogP contribution in [-0.2, 0) is 11.8 Å². The average Bonchev–Trinajstić information content (AvgIpc) is 2.85. The minimum Gasteiger partial charge on any atom is -0.349 e. The normalized spacial score (nSPS) is 12.3. The number of rotatable bonds is 7. The Morgan fingerprint density at radius 3 is 2.65 bits per heavy atom. The van der Waals surface area contributed by atoms with E-state index >= 15 is 0 Å². The lowest BCUT2D eigenvalue weighted by Crippen LogP contribution is -3.07. The van der Waals surface area contributed by atoms with Crippen LogP contribution in [0.15, 0.2) is 40.3 Å². The van der Waals surface area contributed by atoms with Crippen molar-refractivity contribution in [3.05, 3.63) is 46.4 Å². The molecule has 1 atom stereocenters. The smallest absolute Gasteiger partial charge is 0.343 e. The number of aromatic nitrogens is 3. The summed E-state index contributed by atoms with van der Waals surface area (Å²) in [6.45, 7) is 0.561. The van der Waals surface area contributed by atoms with Gasteiger partial charge in [0.05, 0.1) is 26.4 Å². The summed E-state index contributed by atoms with van der Waals surface area (Å²) in [4.78, 5) is 24.5. The second-order valence-corrected chi connectivity index (χ2v) is 6.45. The lowest BCUT2D eigenvalue weighted by Gasteiger charge is -2.22. The molecule has 1 aromatic heterocycles. The number of H-pyrrole nitrogens is 1. The highest BCUT2D eigenvalue weighted by molar-refractivity contribution is 7.99. The van der Waals surface area contributed by atoms with Gasteiger partial charge in [0, 0.05) is 12.6 Å². The Balaban J connectivity index is 1.87. The Kier molecular flexibility index (Phi) is 6.00. The minimum atomic E-state index is -0.284. The standard InChI is InChI=1S/C15H21N5O2S/c1-19(2)12(11-7-5-4-6-8-11)9-16-13(21)10-23-15-18-17-14(22)20(15)3/h4-8,12H,9-10H2,1-3H3,(H,16,21)(H,17,22)/p+1/t12-/m1/s1. The molecule has 0 saturated carbocycles. The van der Waals surface area contributed by atoms with E-state index in [0.29, 0.717) is 11.7 Å². The van der Waals surface area contributed by atoms with Gasteiger partial charge in [-0.1, -0.05) is 42.1 Å². The summed E-state index contributed by atoms with van der Waals surface area (Å²) in [5.74, 6) is 0.148. The largest absolute Gasteiger partial charge is 0.349 e. The summed E-state index contributed by atoms with van der Waals surface area (Å²) in [5, 5.41) is 9.67. The summed E-state index contributed by atoms with van der Waals surface area (Å²) >= 11 is 1.23. The van der Waals surface area contributed by atoms with Crippen molar-refractivity contribution < 1.29 is 9.69 Å². The number of amides is 1. The molecule has 0 spiro atoms. The van der Waals surface area contributed by atoms with Crippen molar-refractivity contribution in [1.29, 1.82) is 0 Å². The number of carbonyl (C=O) groups is 1. The number of nitrogens with one attached hydrogen (secondary N) is 3. The highest BCUT2D eigenvalue weighted by Gasteiger charge is 2.18. The van der Waals surface area contributed by atoms with Gasteiger partial charge in [0.2, 0.25) is 5.91 Å². The van der Waals surface area contributed by atoms with Crippen LogP contribution in [0.2, 0.25) is 0 Å². The minimum absolute atomic E-state index is 0.0763. The van der Waals surface area contributed by atoms with Crippen LogP contribution in [0, 0.1) is 0 Å². The average molecular weight is 336 g/mol. The molecule has 2 aromatic rings. The molecule has 0 bridgehead atoms. The zero-order valence-electron chi connectivity index (χ0n) is 13.5. The highest BCUT2D eigenvalue weighted by Crippen LogP contribution is 2.11. The molecule has 2 rings (SSSR count). The van der Waals surface area contributed by atoms with Gasteiger partial charge < -0.3 is 10.2 Å². The number of benzene rings is 1. The van der Waals surface area contributed by atoms with E-state index in [1.54, 1.807) is 7.05 Å². The van der Waals surface area contributed by atoms with Crippen molar-refractivity contribution in [3.63, 3.8) is 0 Å². The van der Waals surface area contributed by atoms with Gasteiger partial charge in [-0.15, -0.1) is 5.10 Å². The third kappa shape index (κ3) is 4.70. The van der Waals surface area contributed by atoms with E-state index in [2.05, 4.69) is 41.7 Å². The quantitative estimate of drug-likeness (QED) is 0.578. The topological polar surface area (TPSA) is 84.2 Å². The molecule has 23 heavy (non-hydrogen) atoms. The number of aromatic amines is 1. The molecular weight excluding hydrogens is 314 g/mol. The van der Waals surface area contributed by atoms with E-state index in [0.717, 1.165) is 0 Å². The van der Waals surface area contributed by atoms with Gasteiger partial charge in [-0.3, -0.25) is 9.36 Å². The molecule has 3 N–H and O–H groups in total. The maximum Gasteiger partial charge on any atom is 0.343 e. The first-order valence-corrected chi connectivity index (χ1v) is 8.33. The molecule has 8 heteroatoms. The van der Waals surface area contributed by atoms with E-state index in [9.17, 15) is 9.59 Å². The van der Waals surface area contributed by atoms with Crippen molar-refractivity contribution in [3.8, 4) is 0 Å². The van der Waals surface area contributed by atoms with Gasteiger partial charge in [-0.25, -0.2) is 9.89 Å². The number of quaternary nitrogens is 1. The van der Waals surface area contributed by atoms with Crippen molar-refractivity contribution >= 4 is 17.7 Å².